The predicted molar refractivity (Wildman–Crippen MR) is 131 cm³/mol. The van der Waals surface area contributed by atoms with Crippen LogP contribution in [-0.4, -0.2) is 42.9 Å². The molecule has 2 aliphatic carbocycles. The van der Waals surface area contributed by atoms with Crippen molar-refractivity contribution in [2.75, 3.05) is 27.7 Å². The normalized spacial score (nSPS) is 24.5. The summed E-state index contributed by atoms with van der Waals surface area (Å²) < 4.78 is 2.48. The topological polar surface area (TPSA) is 6.25 Å². The van der Waals surface area contributed by atoms with Crippen LogP contribution in [-0.2, 0) is 0 Å². The van der Waals surface area contributed by atoms with E-state index in [0.717, 1.165) is 6.42 Å². The van der Waals surface area contributed by atoms with Crippen LogP contribution in [0.1, 0.15) is 81.1 Å². The minimum Gasteiger partial charge on any atom is -0.380 e. The molecule has 3 rings (SSSR count). The zero-order valence-corrected chi connectivity index (χ0v) is 21.4. The molecular weight excluding hydrogens is 364 g/mol. The Hall–Kier alpha value is -1.83. The van der Waals surface area contributed by atoms with Crippen molar-refractivity contribution >= 4 is 5.71 Å². The molecule has 0 aromatic carbocycles. The van der Waals surface area contributed by atoms with Crippen molar-refractivity contribution in [3.63, 3.8) is 0 Å². The van der Waals surface area contributed by atoms with Gasteiger partial charge >= 0.3 is 0 Å². The maximum Gasteiger partial charge on any atom is 0.184 e. The molecule has 164 valence electrons. The molecule has 0 amide bonds. The van der Waals surface area contributed by atoms with Gasteiger partial charge < -0.3 is 4.90 Å². The molecule has 0 saturated carbocycles. The van der Waals surface area contributed by atoms with E-state index >= 15 is 0 Å². The average Bonchev–Trinajstić information content (AvgIpc) is 3.28. The van der Waals surface area contributed by atoms with E-state index in [9.17, 15) is 0 Å². The molecule has 1 aliphatic heterocycles. The molecule has 3 aliphatic rings. The maximum atomic E-state index is 2.48. The van der Waals surface area contributed by atoms with Crippen LogP contribution in [0.4, 0.5) is 0 Å². The van der Waals surface area contributed by atoms with Crippen LogP contribution in [0.15, 0.2) is 55.9 Å². The summed E-state index contributed by atoms with van der Waals surface area (Å²) in [6, 6.07) is 0. The Morgan fingerprint density at radius 3 is 2.00 bits per heavy atom. The predicted octanol–water partition coefficient (Wildman–Crippen LogP) is 6.82. The van der Waals surface area contributed by atoms with Gasteiger partial charge in [-0.25, -0.2) is 4.58 Å². The van der Waals surface area contributed by atoms with Gasteiger partial charge in [-0.3, -0.25) is 0 Å². The second-order valence-electron chi connectivity index (χ2n) is 10.6. The van der Waals surface area contributed by atoms with Gasteiger partial charge in [0.2, 0.25) is 0 Å². The largest absolute Gasteiger partial charge is 0.380 e. The van der Waals surface area contributed by atoms with Crippen LogP contribution in [0.25, 0.3) is 0 Å². The lowest BCUT2D eigenvalue weighted by Gasteiger charge is -2.19. The first-order chi connectivity index (χ1) is 13.9. The van der Waals surface area contributed by atoms with Crippen molar-refractivity contribution in [3.05, 3.63) is 55.9 Å². The van der Waals surface area contributed by atoms with E-state index in [2.05, 4.69) is 86.0 Å². The average molecular weight is 408 g/mol. The van der Waals surface area contributed by atoms with Crippen molar-refractivity contribution < 1.29 is 4.58 Å². The summed E-state index contributed by atoms with van der Waals surface area (Å²) in [5.41, 5.74) is 17.0. The lowest BCUT2D eigenvalue weighted by molar-refractivity contribution is -0.488. The third kappa shape index (κ3) is 3.67. The molecule has 0 unspecified atom stereocenters. The molecule has 0 aromatic rings. The fraction of sp³-hybridized carbons (Fsp3) is 0.607. The Morgan fingerprint density at radius 1 is 0.867 bits per heavy atom. The van der Waals surface area contributed by atoms with Crippen LogP contribution in [0, 0.1) is 5.41 Å². The molecule has 30 heavy (non-hydrogen) atoms. The second-order valence-corrected chi connectivity index (χ2v) is 10.6. The number of hydrogen-bond donors (Lipinski definition) is 0. The molecule has 2 heteroatoms. The first kappa shape index (κ1) is 22.8. The van der Waals surface area contributed by atoms with E-state index in [1.54, 1.807) is 22.4 Å². The molecule has 0 aromatic heterocycles. The first-order valence-electron chi connectivity index (χ1n) is 11.6. The number of hydrogen-bond acceptors (Lipinski definition) is 1. The van der Waals surface area contributed by atoms with Gasteiger partial charge in [0.15, 0.2) is 5.71 Å². The summed E-state index contributed by atoms with van der Waals surface area (Å²) in [4.78, 5) is 2.29. The standard InChI is InChI=1S/C28H43N2/c1-17-19(3)26(29(9)10)16-25(17)22(6)24-13-12-23(21(24)5)18(2)20(4)27-28(7,8)14-15-30(27)11/h12-16H2,1-11H3/q+1. The van der Waals surface area contributed by atoms with Crippen LogP contribution in [0.2, 0.25) is 0 Å². The van der Waals surface area contributed by atoms with Gasteiger partial charge in [0.1, 0.15) is 13.6 Å². The summed E-state index contributed by atoms with van der Waals surface area (Å²) in [7, 11) is 6.61. The third-order valence-electron chi connectivity index (χ3n) is 8.23. The van der Waals surface area contributed by atoms with Gasteiger partial charge in [-0.1, -0.05) is 0 Å². The minimum absolute atomic E-state index is 0.277. The highest BCUT2D eigenvalue weighted by molar-refractivity contribution is 6.01. The van der Waals surface area contributed by atoms with E-state index in [4.69, 9.17) is 0 Å². The van der Waals surface area contributed by atoms with Gasteiger partial charge in [0.25, 0.3) is 0 Å². The lowest BCUT2D eigenvalue weighted by Crippen LogP contribution is -2.25. The fourth-order valence-electron chi connectivity index (χ4n) is 6.10. The Labute approximate surface area is 185 Å². The molecule has 0 atom stereocenters. The van der Waals surface area contributed by atoms with Crippen LogP contribution < -0.4 is 0 Å². The molecule has 0 spiro atoms. The van der Waals surface area contributed by atoms with Gasteiger partial charge in [-0.15, -0.1) is 0 Å². The Bertz CT molecular complexity index is 968. The smallest absolute Gasteiger partial charge is 0.184 e. The molecule has 0 N–H and O–H groups in total. The quantitative estimate of drug-likeness (QED) is 0.463. The van der Waals surface area contributed by atoms with Gasteiger partial charge in [0.05, 0.1) is 5.41 Å². The first-order valence-corrected chi connectivity index (χ1v) is 11.6. The molecule has 0 bridgehead atoms. The van der Waals surface area contributed by atoms with Crippen LogP contribution in [0.3, 0.4) is 0 Å². The van der Waals surface area contributed by atoms with Crippen LogP contribution >= 0.6 is 0 Å². The van der Waals surface area contributed by atoms with Gasteiger partial charge in [-0.05, 0) is 113 Å². The third-order valence-corrected chi connectivity index (χ3v) is 8.23. The molecule has 1 heterocycles. The number of nitrogens with zero attached hydrogens (tertiary/aromatic N) is 2. The Balaban J connectivity index is 2.01. The Kier molecular flexibility index (Phi) is 6.11. The molecular formula is C28H43N2+. The molecule has 0 saturated heterocycles. The SMILES string of the molecule is CC1=C(/C(C)=C2\CCC(C(/C)=C(/C)C3=[N+](C)CCC3(C)C)=C2C)CC(N(C)C)=C1C. The fourth-order valence-corrected chi connectivity index (χ4v) is 6.10. The van der Waals surface area contributed by atoms with E-state index in [1.165, 1.54) is 64.9 Å². The maximum absolute atomic E-state index is 2.48. The summed E-state index contributed by atoms with van der Waals surface area (Å²) in [5, 5.41) is 0. The second kappa shape index (κ2) is 8.02. The minimum atomic E-state index is 0.277. The van der Waals surface area contributed by atoms with Gasteiger partial charge in [-0.2, -0.15) is 0 Å². The summed E-state index contributed by atoms with van der Waals surface area (Å²) >= 11 is 0. The van der Waals surface area contributed by atoms with Crippen molar-refractivity contribution in [1.82, 2.24) is 4.90 Å². The van der Waals surface area contributed by atoms with Crippen molar-refractivity contribution in [2.24, 2.45) is 5.41 Å². The zero-order valence-electron chi connectivity index (χ0n) is 21.4. The van der Waals surface area contributed by atoms with E-state index in [-0.39, 0.29) is 5.41 Å². The van der Waals surface area contributed by atoms with Crippen molar-refractivity contribution in [1.29, 1.82) is 0 Å². The number of allylic oxidation sites excluding steroid dienone is 9. The van der Waals surface area contributed by atoms with Crippen LogP contribution in [0.5, 0.6) is 0 Å². The zero-order chi connectivity index (χ0) is 22.5. The monoisotopic (exact) mass is 407 g/mol. The highest BCUT2D eigenvalue weighted by atomic mass is 15.1. The molecule has 0 fully saturated rings. The summed E-state index contributed by atoms with van der Waals surface area (Å²) in [5.74, 6) is 0. The summed E-state index contributed by atoms with van der Waals surface area (Å²) in [6.45, 7) is 20.0. The Morgan fingerprint density at radius 2 is 1.50 bits per heavy atom. The highest BCUT2D eigenvalue weighted by Crippen LogP contribution is 2.44. The molecule has 2 nitrogen and oxygen atoms in total. The summed E-state index contributed by atoms with van der Waals surface area (Å²) in [6.07, 6.45) is 4.69. The lowest BCUT2D eigenvalue weighted by atomic mass is 9.81. The van der Waals surface area contributed by atoms with E-state index in [0.29, 0.717) is 0 Å². The van der Waals surface area contributed by atoms with E-state index < -0.39 is 0 Å². The van der Waals surface area contributed by atoms with Crippen molar-refractivity contribution in [2.45, 2.75) is 81.1 Å². The number of rotatable bonds is 4. The highest BCUT2D eigenvalue weighted by Gasteiger charge is 2.40. The van der Waals surface area contributed by atoms with Gasteiger partial charge in [0, 0.05) is 38.2 Å². The van der Waals surface area contributed by atoms with E-state index in [1.807, 2.05) is 0 Å². The van der Waals surface area contributed by atoms with Crippen molar-refractivity contribution in [3.8, 4) is 0 Å². The molecule has 0 radical (unpaired) electrons.